The molecule has 0 N–H and O–H groups in total. The topological polar surface area (TPSA) is 48.8 Å². The Bertz CT molecular complexity index is 715. The van der Waals surface area contributed by atoms with Crippen LogP contribution in [0.1, 0.15) is 80.1 Å². The minimum absolute atomic E-state index is 0.182. The molecule has 0 bridgehead atoms. The summed E-state index contributed by atoms with van der Waals surface area (Å²) in [6.07, 6.45) is 10.2. The van der Waals surface area contributed by atoms with Crippen molar-refractivity contribution in [2.45, 2.75) is 85.1 Å². The molecule has 0 fully saturated rings. The Kier molecular flexibility index (Phi) is 7.58. The number of hydrogen-bond acceptors (Lipinski definition) is 1. The van der Waals surface area contributed by atoms with E-state index in [0.29, 0.717) is 11.6 Å². The molecule has 0 radical (unpaired) electrons. The molecule has 0 spiro atoms. The molecule has 1 aromatic carbocycles. The Balaban J connectivity index is 2.63. The maximum Gasteiger partial charge on any atom is 0.124 e. The Morgan fingerprint density at radius 3 is 2.18 bits per heavy atom. The molecule has 1 aromatic rings. The molecule has 0 aromatic heterocycles. The summed E-state index contributed by atoms with van der Waals surface area (Å²) in [5.41, 5.74) is 9.62. The highest BCUT2D eigenvalue weighted by Gasteiger charge is 2.52. The van der Waals surface area contributed by atoms with Gasteiger partial charge in [0.2, 0.25) is 0 Å². The third-order valence-corrected chi connectivity index (χ3v) is 14.5. The van der Waals surface area contributed by atoms with E-state index < -0.39 is 8.07 Å². The van der Waals surface area contributed by atoms with Gasteiger partial charge in [-0.05, 0) is 41.2 Å². The Hall–Kier alpha value is -1.51. The molecule has 4 heteroatoms. The van der Waals surface area contributed by atoms with E-state index in [1.54, 1.807) is 5.20 Å². The van der Waals surface area contributed by atoms with E-state index in [1.807, 2.05) is 0 Å². The van der Waals surface area contributed by atoms with Gasteiger partial charge < -0.3 is 0 Å². The fourth-order valence-electron chi connectivity index (χ4n) is 5.24. The van der Waals surface area contributed by atoms with Crippen LogP contribution in [0, 0.1) is 11.3 Å². The Morgan fingerprint density at radius 2 is 1.71 bits per heavy atom. The summed E-state index contributed by atoms with van der Waals surface area (Å²) < 4.78 is 0. The van der Waals surface area contributed by atoms with Gasteiger partial charge in [0.25, 0.3) is 0 Å². The molecular weight excluding hydrogens is 358 g/mol. The Morgan fingerprint density at radius 1 is 1.07 bits per heavy atom. The zero-order valence-corrected chi connectivity index (χ0v) is 19.8. The van der Waals surface area contributed by atoms with Crippen LogP contribution < -0.4 is 5.19 Å². The van der Waals surface area contributed by atoms with Crippen LogP contribution in [0.15, 0.2) is 46.7 Å². The van der Waals surface area contributed by atoms with Gasteiger partial charge in [-0.2, -0.15) is 0 Å². The quantitative estimate of drug-likeness (QED) is 0.179. The normalized spacial score (nSPS) is 20.1. The number of azide groups is 1. The van der Waals surface area contributed by atoms with Crippen molar-refractivity contribution >= 4 is 13.3 Å². The van der Waals surface area contributed by atoms with Gasteiger partial charge in [0.05, 0.1) is 0 Å². The molecule has 0 saturated heterocycles. The number of rotatable bonds is 9. The van der Waals surface area contributed by atoms with Gasteiger partial charge in [0.1, 0.15) is 8.07 Å². The van der Waals surface area contributed by atoms with Crippen molar-refractivity contribution in [1.82, 2.24) is 0 Å². The van der Waals surface area contributed by atoms with Crippen molar-refractivity contribution in [3.05, 3.63) is 52.0 Å². The lowest BCUT2D eigenvalue weighted by atomic mass is 9.71. The SMILES string of the molecule is CCC(C)(C)C1CC=C([Si](CN=[N+]=[N-])(c2ccccc2)C(C)(CC)CC)CC1. The molecule has 0 amide bonds. The minimum atomic E-state index is -2.20. The highest BCUT2D eigenvalue weighted by Crippen LogP contribution is 2.51. The summed E-state index contributed by atoms with van der Waals surface area (Å²) >= 11 is 0. The summed E-state index contributed by atoms with van der Waals surface area (Å²) in [7, 11) is -2.20. The summed E-state index contributed by atoms with van der Waals surface area (Å²) in [6.45, 7) is 14.2. The lowest BCUT2D eigenvalue weighted by Gasteiger charge is -2.50. The molecular formula is C24H39N3Si. The van der Waals surface area contributed by atoms with Crippen LogP contribution in [0.5, 0.6) is 0 Å². The minimum Gasteiger partial charge on any atom is -0.0962 e. The van der Waals surface area contributed by atoms with Crippen molar-refractivity contribution in [2.24, 2.45) is 16.4 Å². The first kappa shape index (κ1) is 22.8. The van der Waals surface area contributed by atoms with E-state index in [1.165, 1.54) is 18.0 Å². The summed E-state index contributed by atoms with van der Waals surface area (Å²) in [4.78, 5) is 3.22. The molecule has 2 rings (SSSR count). The fourth-order valence-corrected chi connectivity index (χ4v) is 11.1. The van der Waals surface area contributed by atoms with Crippen LogP contribution in [0.4, 0.5) is 0 Å². The smallest absolute Gasteiger partial charge is 0.0962 e. The number of allylic oxidation sites excluding steroid dienone is 2. The molecule has 2 atom stereocenters. The predicted octanol–water partition coefficient (Wildman–Crippen LogP) is 7.47. The average molecular weight is 398 g/mol. The van der Waals surface area contributed by atoms with E-state index in [-0.39, 0.29) is 5.04 Å². The average Bonchev–Trinajstić information content (AvgIpc) is 2.75. The summed E-state index contributed by atoms with van der Waals surface area (Å²) in [6, 6.07) is 11.0. The molecule has 3 nitrogen and oxygen atoms in total. The molecule has 28 heavy (non-hydrogen) atoms. The van der Waals surface area contributed by atoms with Gasteiger partial charge in [-0.15, -0.1) is 0 Å². The van der Waals surface area contributed by atoms with Crippen molar-refractivity contribution in [3.8, 4) is 0 Å². The second-order valence-corrected chi connectivity index (χ2v) is 14.0. The second-order valence-electron chi connectivity index (χ2n) is 9.47. The van der Waals surface area contributed by atoms with Gasteiger partial charge in [0, 0.05) is 11.1 Å². The molecule has 154 valence electrons. The highest BCUT2D eigenvalue weighted by atomic mass is 28.3. The van der Waals surface area contributed by atoms with Gasteiger partial charge in [-0.3, -0.25) is 0 Å². The number of benzene rings is 1. The van der Waals surface area contributed by atoms with E-state index in [4.69, 9.17) is 0 Å². The monoisotopic (exact) mass is 397 g/mol. The predicted molar refractivity (Wildman–Crippen MR) is 124 cm³/mol. The standard InChI is InChI=1S/C24H39N3Si/c1-7-23(4,5)20-15-17-22(18-16-20)28(19-26-27-25,24(6,8-2)9-3)21-13-11-10-12-14-21/h10-14,17,20H,7-9,15-16,18-19H2,1-6H3. The maximum atomic E-state index is 9.23. The summed E-state index contributed by atoms with van der Waals surface area (Å²) in [5, 5.41) is 7.49. The third-order valence-electron chi connectivity index (χ3n) is 8.20. The zero-order chi connectivity index (χ0) is 20.8. The van der Waals surface area contributed by atoms with Gasteiger partial charge >= 0.3 is 0 Å². The molecule has 2 unspecified atom stereocenters. The van der Waals surface area contributed by atoms with Crippen LogP contribution in [0.2, 0.25) is 5.04 Å². The van der Waals surface area contributed by atoms with Crippen molar-refractivity contribution < 1.29 is 0 Å². The van der Waals surface area contributed by atoms with Crippen LogP contribution in [-0.2, 0) is 0 Å². The fraction of sp³-hybridized carbons (Fsp3) is 0.667. The van der Waals surface area contributed by atoms with E-state index in [2.05, 4.69) is 88.0 Å². The van der Waals surface area contributed by atoms with E-state index >= 15 is 0 Å². The second kappa shape index (κ2) is 9.32. The van der Waals surface area contributed by atoms with Gasteiger partial charge in [-0.25, -0.2) is 0 Å². The maximum absolute atomic E-state index is 9.23. The number of nitrogens with zero attached hydrogens (tertiary/aromatic N) is 3. The van der Waals surface area contributed by atoms with Crippen molar-refractivity contribution in [2.75, 3.05) is 6.17 Å². The molecule has 0 heterocycles. The highest BCUT2D eigenvalue weighted by molar-refractivity contribution is 7.00. The molecule has 0 saturated carbocycles. The summed E-state index contributed by atoms with van der Waals surface area (Å²) in [5.74, 6) is 0.748. The van der Waals surface area contributed by atoms with E-state index in [9.17, 15) is 5.53 Å². The van der Waals surface area contributed by atoms with E-state index in [0.717, 1.165) is 31.6 Å². The van der Waals surface area contributed by atoms with Crippen LogP contribution in [-0.4, -0.2) is 14.2 Å². The van der Waals surface area contributed by atoms with Crippen LogP contribution >= 0.6 is 0 Å². The third kappa shape index (κ3) is 4.09. The Labute approximate surface area is 173 Å². The van der Waals surface area contributed by atoms with Crippen molar-refractivity contribution in [1.29, 1.82) is 0 Å². The largest absolute Gasteiger partial charge is 0.124 e. The first-order chi connectivity index (χ1) is 13.3. The lowest BCUT2D eigenvalue weighted by Crippen LogP contribution is -2.61. The lowest BCUT2D eigenvalue weighted by molar-refractivity contribution is 0.188. The molecule has 1 aliphatic carbocycles. The van der Waals surface area contributed by atoms with Crippen LogP contribution in [0.25, 0.3) is 10.4 Å². The molecule has 0 aliphatic heterocycles. The first-order valence-electron chi connectivity index (χ1n) is 11.1. The number of hydrogen-bond donors (Lipinski definition) is 0. The van der Waals surface area contributed by atoms with Gasteiger partial charge in [0.15, 0.2) is 0 Å². The molecule has 1 aliphatic rings. The first-order valence-corrected chi connectivity index (χ1v) is 13.3. The van der Waals surface area contributed by atoms with Crippen LogP contribution in [0.3, 0.4) is 0 Å². The van der Waals surface area contributed by atoms with Crippen molar-refractivity contribution in [3.63, 3.8) is 0 Å². The van der Waals surface area contributed by atoms with Gasteiger partial charge in [-0.1, -0.05) is 113 Å². The zero-order valence-electron chi connectivity index (χ0n) is 18.8.